The van der Waals surface area contributed by atoms with Crippen LogP contribution in [0.4, 0.5) is 33.3 Å². The van der Waals surface area contributed by atoms with Crippen LogP contribution in [0.1, 0.15) is 12.8 Å². The monoisotopic (exact) mass is 476 g/mol. The van der Waals surface area contributed by atoms with Gasteiger partial charge in [-0.1, -0.05) is 17.1 Å². The Morgan fingerprint density at radius 2 is 1.97 bits per heavy atom. The van der Waals surface area contributed by atoms with Gasteiger partial charge in [0.2, 0.25) is 11.9 Å². The van der Waals surface area contributed by atoms with Crippen LogP contribution >= 0.6 is 0 Å². The molecule has 3 aromatic rings. The number of carbonyl (C=O) groups is 1. The second kappa shape index (κ2) is 11.4. The lowest BCUT2D eigenvalue weighted by atomic mass is 9.98. The van der Waals surface area contributed by atoms with E-state index in [1.807, 2.05) is 24.3 Å². The number of anilines is 5. The van der Waals surface area contributed by atoms with Crippen molar-refractivity contribution in [3.05, 3.63) is 73.4 Å². The Labute approximate surface area is 204 Å². The molecule has 0 radical (unpaired) electrons. The molecule has 0 unspecified atom stereocenters. The Balaban J connectivity index is 1.36. The molecule has 1 fully saturated rings. The van der Waals surface area contributed by atoms with Gasteiger partial charge in [0.1, 0.15) is 5.75 Å². The summed E-state index contributed by atoms with van der Waals surface area (Å²) in [6.07, 6.45) is 4.93. The van der Waals surface area contributed by atoms with Crippen molar-refractivity contribution in [2.24, 2.45) is 5.92 Å². The minimum absolute atomic E-state index is 0.0489. The van der Waals surface area contributed by atoms with Gasteiger partial charge in [-0.15, -0.1) is 0 Å². The van der Waals surface area contributed by atoms with Crippen LogP contribution in [-0.4, -0.2) is 47.5 Å². The van der Waals surface area contributed by atoms with Crippen molar-refractivity contribution in [1.82, 2.24) is 14.9 Å². The van der Waals surface area contributed by atoms with Gasteiger partial charge in [-0.2, -0.15) is 10.1 Å². The molecule has 1 aliphatic heterocycles. The van der Waals surface area contributed by atoms with E-state index in [0.29, 0.717) is 16.7 Å². The first-order chi connectivity index (χ1) is 17.0. The number of ether oxygens (including phenoxy) is 1. The summed E-state index contributed by atoms with van der Waals surface area (Å²) in [6.45, 7) is 6.36. The van der Waals surface area contributed by atoms with Crippen LogP contribution in [0, 0.1) is 5.92 Å². The number of likely N-dealkylation sites (tertiary alicyclic amines) is 1. The van der Waals surface area contributed by atoms with Crippen LogP contribution in [0.3, 0.4) is 0 Å². The number of hydrogen-bond donors (Lipinski definition) is 2. The normalized spacial score (nSPS) is 14.2. The van der Waals surface area contributed by atoms with E-state index in [2.05, 4.69) is 39.1 Å². The maximum absolute atomic E-state index is 15.1. The van der Waals surface area contributed by atoms with Crippen molar-refractivity contribution in [2.45, 2.75) is 12.8 Å². The number of hydrogen-bond acceptors (Lipinski definition) is 7. The van der Waals surface area contributed by atoms with Crippen molar-refractivity contribution < 1.29 is 14.0 Å². The second-order valence-electron chi connectivity index (χ2n) is 8.47. The van der Waals surface area contributed by atoms with Crippen LogP contribution in [-0.2, 0) is 4.79 Å². The molecule has 2 aromatic carbocycles. The molecule has 1 amide bonds. The Hall–Kier alpha value is -3.98. The zero-order chi connectivity index (χ0) is 24.6. The minimum atomic E-state index is -0.376. The second-order valence-corrected chi connectivity index (χ2v) is 8.47. The van der Waals surface area contributed by atoms with E-state index < -0.39 is 0 Å². The van der Waals surface area contributed by atoms with Crippen LogP contribution < -0.4 is 20.5 Å². The molecule has 0 bridgehead atoms. The van der Waals surface area contributed by atoms with Gasteiger partial charge in [-0.3, -0.25) is 4.79 Å². The topological polar surface area (TPSA) is 82.6 Å². The number of halogens is 1. The maximum atomic E-state index is 15.1. The van der Waals surface area contributed by atoms with E-state index in [-0.39, 0.29) is 23.4 Å². The van der Waals surface area contributed by atoms with Gasteiger partial charge >= 0.3 is 0 Å². The fraction of sp³-hybridized carbons (Fsp3) is 0.269. The van der Waals surface area contributed by atoms with Crippen molar-refractivity contribution in [1.29, 1.82) is 0 Å². The van der Waals surface area contributed by atoms with Crippen molar-refractivity contribution in [3.8, 4) is 5.75 Å². The third-order valence-corrected chi connectivity index (χ3v) is 5.80. The fourth-order valence-electron chi connectivity index (χ4n) is 3.76. The van der Waals surface area contributed by atoms with E-state index in [4.69, 9.17) is 4.74 Å². The Morgan fingerprint density at radius 3 is 2.71 bits per heavy atom. The Kier molecular flexibility index (Phi) is 7.89. The predicted molar refractivity (Wildman–Crippen MR) is 136 cm³/mol. The fourth-order valence-corrected chi connectivity index (χ4v) is 3.76. The quantitative estimate of drug-likeness (QED) is 0.329. The number of carbonyl (C=O) groups excluding carboxylic acids is 1. The molecule has 1 aromatic heterocycles. The van der Waals surface area contributed by atoms with Crippen LogP contribution in [0.15, 0.2) is 73.4 Å². The summed E-state index contributed by atoms with van der Waals surface area (Å²) in [5.74, 6) is 1.32. The summed E-state index contributed by atoms with van der Waals surface area (Å²) in [5, 5.41) is 6.12. The highest BCUT2D eigenvalue weighted by Crippen LogP contribution is 2.28. The molecule has 1 saturated heterocycles. The minimum Gasteiger partial charge on any atom is -0.493 e. The molecule has 2 N–H and O–H groups in total. The van der Waals surface area contributed by atoms with Gasteiger partial charge in [0.25, 0.3) is 0 Å². The number of aromatic nitrogens is 2. The Bertz CT molecular complexity index is 1150. The number of rotatable bonds is 9. The molecule has 0 spiro atoms. The standard InChI is InChI=1S/C26H29FN6O2/c1-3-25(34)29-21-5-4-6-22(17-21)33(27)24-11-14-28-26(31-24)30-20-7-9-23(10-8-20)35-18-19-12-15-32(2)16-13-19/h3-11,14,17,19H,1,12-13,15-16,18H2,2H3,(H,29,34)(H,28,30,31). The summed E-state index contributed by atoms with van der Waals surface area (Å²) >= 11 is 0. The van der Waals surface area contributed by atoms with E-state index in [0.717, 1.165) is 50.1 Å². The van der Waals surface area contributed by atoms with Gasteiger partial charge in [0.05, 0.1) is 12.3 Å². The first-order valence-electron chi connectivity index (χ1n) is 11.5. The molecule has 35 heavy (non-hydrogen) atoms. The van der Waals surface area contributed by atoms with Crippen LogP contribution in [0.5, 0.6) is 5.75 Å². The highest BCUT2D eigenvalue weighted by Gasteiger charge is 2.17. The predicted octanol–water partition coefficient (Wildman–Crippen LogP) is 5.09. The molecular formula is C26H29FN6O2. The van der Waals surface area contributed by atoms with E-state index in [1.165, 1.54) is 18.3 Å². The van der Waals surface area contributed by atoms with Crippen LogP contribution in [0.2, 0.25) is 0 Å². The lowest BCUT2D eigenvalue weighted by Gasteiger charge is -2.28. The van der Waals surface area contributed by atoms with Crippen molar-refractivity contribution in [3.63, 3.8) is 0 Å². The zero-order valence-electron chi connectivity index (χ0n) is 19.7. The molecule has 0 aliphatic carbocycles. The third kappa shape index (κ3) is 6.77. The van der Waals surface area contributed by atoms with E-state index in [9.17, 15) is 4.79 Å². The molecule has 1 aliphatic rings. The lowest BCUT2D eigenvalue weighted by molar-refractivity contribution is -0.111. The first-order valence-corrected chi connectivity index (χ1v) is 11.5. The Morgan fingerprint density at radius 1 is 1.20 bits per heavy atom. The summed E-state index contributed by atoms with van der Waals surface area (Å²) in [7, 11) is 2.15. The molecule has 9 heteroatoms. The van der Waals surface area contributed by atoms with Gasteiger partial charge in [0, 0.05) is 23.6 Å². The van der Waals surface area contributed by atoms with E-state index >= 15 is 4.48 Å². The zero-order valence-corrected chi connectivity index (χ0v) is 19.7. The summed E-state index contributed by atoms with van der Waals surface area (Å²) in [4.78, 5) is 22.3. The van der Waals surface area contributed by atoms with Crippen LogP contribution in [0.25, 0.3) is 0 Å². The van der Waals surface area contributed by atoms with Crippen molar-refractivity contribution >= 4 is 34.7 Å². The molecule has 0 saturated carbocycles. The average molecular weight is 477 g/mol. The molecule has 8 nitrogen and oxygen atoms in total. The molecule has 2 heterocycles. The highest BCUT2D eigenvalue weighted by atomic mass is 19.2. The maximum Gasteiger partial charge on any atom is 0.247 e. The first kappa shape index (κ1) is 24.2. The number of nitrogens with one attached hydrogen (secondary N) is 2. The summed E-state index contributed by atoms with van der Waals surface area (Å²) in [6, 6.07) is 15.4. The largest absolute Gasteiger partial charge is 0.493 e. The summed E-state index contributed by atoms with van der Waals surface area (Å²) in [5.41, 5.74) is 1.41. The number of nitrogens with zero attached hydrogens (tertiary/aromatic N) is 4. The average Bonchev–Trinajstić information content (AvgIpc) is 2.89. The number of benzene rings is 2. The smallest absolute Gasteiger partial charge is 0.247 e. The molecular weight excluding hydrogens is 447 g/mol. The molecule has 182 valence electrons. The van der Waals surface area contributed by atoms with Gasteiger partial charge in [-0.05, 0) is 87.4 Å². The highest BCUT2D eigenvalue weighted by molar-refractivity contribution is 5.99. The van der Waals surface area contributed by atoms with Gasteiger partial charge in [0.15, 0.2) is 5.82 Å². The molecule has 4 rings (SSSR count). The third-order valence-electron chi connectivity index (χ3n) is 5.80. The van der Waals surface area contributed by atoms with E-state index in [1.54, 1.807) is 18.2 Å². The molecule has 0 atom stereocenters. The number of amides is 1. The van der Waals surface area contributed by atoms with Gasteiger partial charge < -0.3 is 20.3 Å². The summed E-state index contributed by atoms with van der Waals surface area (Å²) < 4.78 is 21.0. The lowest BCUT2D eigenvalue weighted by Crippen LogP contribution is -2.32. The number of piperidine rings is 1. The van der Waals surface area contributed by atoms with Gasteiger partial charge in [-0.25, -0.2) is 4.98 Å². The SMILES string of the molecule is C=CC(=O)Nc1cccc(N(F)c2ccnc(Nc3ccc(OCC4CCN(C)CC4)cc3)n2)c1. The van der Waals surface area contributed by atoms with Crippen molar-refractivity contribution in [2.75, 3.05) is 42.5 Å².